The molecule has 0 spiro atoms. The van der Waals surface area contributed by atoms with Crippen molar-refractivity contribution in [2.24, 2.45) is 5.73 Å². The van der Waals surface area contributed by atoms with E-state index in [0.717, 1.165) is 17.7 Å². The summed E-state index contributed by atoms with van der Waals surface area (Å²) in [5, 5.41) is 0. The average Bonchev–Trinajstić information content (AvgIpc) is 2.48. The molecule has 0 aliphatic rings. The maximum absolute atomic E-state index is 12.4. The first-order chi connectivity index (χ1) is 10.0. The molecule has 6 heteroatoms. The lowest BCUT2D eigenvalue weighted by Crippen LogP contribution is -2.19. The standard InChI is InChI=1S/C15H15F3N2O/c16-15(17,18)13-3-5-14(6-4-13)21-10-12(8-19)11-2-1-7-20-9-11/h1-7,9,12H,8,10,19H2. The van der Waals surface area contributed by atoms with E-state index in [1.165, 1.54) is 12.1 Å². The molecule has 1 heterocycles. The molecule has 3 nitrogen and oxygen atoms in total. The van der Waals surface area contributed by atoms with Crippen LogP contribution < -0.4 is 10.5 Å². The smallest absolute Gasteiger partial charge is 0.416 e. The fourth-order valence-corrected chi connectivity index (χ4v) is 1.85. The van der Waals surface area contributed by atoms with E-state index in [4.69, 9.17) is 10.5 Å². The lowest BCUT2D eigenvalue weighted by molar-refractivity contribution is -0.137. The Morgan fingerprint density at radius 1 is 1.14 bits per heavy atom. The van der Waals surface area contributed by atoms with Crippen LogP contribution in [-0.2, 0) is 6.18 Å². The van der Waals surface area contributed by atoms with E-state index >= 15 is 0 Å². The first-order valence-electron chi connectivity index (χ1n) is 6.40. The fourth-order valence-electron chi connectivity index (χ4n) is 1.85. The zero-order chi connectivity index (χ0) is 15.3. The minimum Gasteiger partial charge on any atom is -0.493 e. The average molecular weight is 296 g/mol. The van der Waals surface area contributed by atoms with Gasteiger partial charge < -0.3 is 10.5 Å². The first kappa shape index (κ1) is 15.3. The lowest BCUT2D eigenvalue weighted by Gasteiger charge is -2.16. The van der Waals surface area contributed by atoms with E-state index in [0.29, 0.717) is 12.3 Å². The van der Waals surface area contributed by atoms with Gasteiger partial charge in [0.1, 0.15) is 5.75 Å². The van der Waals surface area contributed by atoms with Crippen molar-refractivity contribution in [3.63, 3.8) is 0 Å². The maximum Gasteiger partial charge on any atom is 0.416 e. The van der Waals surface area contributed by atoms with Crippen molar-refractivity contribution in [1.29, 1.82) is 0 Å². The Labute approximate surface area is 120 Å². The van der Waals surface area contributed by atoms with E-state index in [1.54, 1.807) is 18.5 Å². The van der Waals surface area contributed by atoms with Crippen molar-refractivity contribution in [1.82, 2.24) is 4.98 Å². The highest BCUT2D eigenvalue weighted by Gasteiger charge is 2.30. The van der Waals surface area contributed by atoms with Gasteiger partial charge in [-0.25, -0.2) is 0 Å². The van der Waals surface area contributed by atoms with Gasteiger partial charge in [-0.15, -0.1) is 0 Å². The second-order valence-corrected chi connectivity index (χ2v) is 4.55. The van der Waals surface area contributed by atoms with Gasteiger partial charge in [-0.05, 0) is 35.9 Å². The van der Waals surface area contributed by atoms with Crippen LogP contribution in [0.2, 0.25) is 0 Å². The van der Waals surface area contributed by atoms with Crippen LogP contribution in [0.3, 0.4) is 0 Å². The predicted molar refractivity (Wildman–Crippen MR) is 73.0 cm³/mol. The Kier molecular flexibility index (Phi) is 4.80. The van der Waals surface area contributed by atoms with Crippen molar-refractivity contribution >= 4 is 0 Å². The molecule has 0 bridgehead atoms. The van der Waals surface area contributed by atoms with Gasteiger partial charge in [0.25, 0.3) is 0 Å². The number of halogens is 3. The SMILES string of the molecule is NCC(COc1ccc(C(F)(F)F)cc1)c1cccnc1. The molecular weight excluding hydrogens is 281 g/mol. The minimum atomic E-state index is -4.34. The van der Waals surface area contributed by atoms with Crippen LogP contribution in [0.5, 0.6) is 5.75 Å². The molecule has 0 fully saturated rings. The molecule has 2 N–H and O–H groups in total. The van der Waals surface area contributed by atoms with Gasteiger partial charge in [0.15, 0.2) is 0 Å². The van der Waals surface area contributed by atoms with Gasteiger partial charge in [0.05, 0.1) is 12.2 Å². The van der Waals surface area contributed by atoms with Gasteiger partial charge in [0.2, 0.25) is 0 Å². The third kappa shape index (κ3) is 4.19. The Hall–Kier alpha value is -2.08. The van der Waals surface area contributed by atoms with Gasteiger partial charge >= 0.3 is 6.18 Å². The first-order valence-corrected chi connectivity index (χ1v) is 6.40. The summed E-state index contributed by atoms with van der Waals surface area (Å²) in [4.78, 5) is 4.01. The molecule has 21 heavy (non-hydrogen) atoms. The van der Waals surface area contributed by atoms with Crippen molar-refractivity contribution in [3.8, 4) is 5.75 Å². The van der Waals surface area contributed by atoms with Crippen LogP contribution in [0.4, 0.5) is 13.2 Å². The quantitative estimate of drug-likeness (QED) is 0.921. The molecule has 0 saturated carbocycles. The van der Waals surface area contributed by atoms with Crippen molar-refractivity contribution in [3.05, 3.63) is 59.9 Å². The molecule has 2 rings (SSSR count). The van der Waals surface area contributed by atoms with Gasteiger partial charge in [0, 0.05) is 24.9 Å². The second-order valence-electron chi connectivity index (χ2n) is 4.55. The molecular formula is C15H15F3N2O. The molecule has 2 aromatic rings. The van der Waals surface area contributed by atoms with Crippen LogP contribution in [0, 0.1) is 0 Å². The number of hydrogen-bond donors (Lipinski definition) is 1. The molecule has 1 aromatic heterocycles. The minimum absolute atomic E-state index is 0.0546. The summed E-state index contributed by atoms with van der Waals surface area (Å²) in [6.07, 6.45) is -0.977. The summed E-state index contributed by atoms with van der Waals surface area (Å²) in [6.45, 7) is 0.653. The maximum atomic E-state index is 12.4. The number of nitrogens with zero attached hydrogens (tertiary/aromatic N) is 1. The van der Waals surface area contributed by atoms with Crippen LogP contribution in [0.1, 0.15) is 17.0 Å². The lowest BCUT2D eigenvalue weighted by atomic mass is 10.0. The summed E-state index contributed by atoms with van der Waals surface area (Å²) in [5.41, 5.74) is 5.93. The van der Waals surface area contributed by atoms with E-state index in [9.17, 15) is 13.2 Å². The number of nitrogens with two attached hydrogens (primary N) is 1. The largest absolute Gasteiger partial charge is 0.493 e. The third-order valence-electron chi connectivity index (χ3n) is 3.07. The van der Waals surface area contributed by atoms with Gasteiger partial charge in [-0.2, -0.15) is 13.2 Å². The van der Waals surface area contributed by atoms with E-state index < -0.39 is 11.7 Å². The van der Waals surface area contributed by atoms with Crippen LogP contribution in [0.15, 0.2) is 48.8 Å². The molecule has 1 atom stereocenters. The normalized spacial score (nSPS) is 13.0. The number of ether oxygens (including phenoxy) is 1. The van der Waals surface area contributed by atoms with E-state index in [1.807, 2.05) is 6.07 Å². The molecule has 0 amide bonds. The summed E-state index contributed by atoms with van der Waals surface area (Å²) >= 11 is 0. The Balaban J connectivity index is 1.99. The molecule has 0 aliphatic heterocycles. The monoisotopic (exact) mass is 296 g/mol. The van der Waals surface area contributed by atoms with Crippen LogP contribution in [0.25, 0.3) is 0 Å². The number of hydrogen-bond acceptors (Lipinski definition) is 3. The molecule has 0 saturated heterocycles. The topological polar surface area (TPSA) is 48.1 Å². The van der Waals surface area contributed by atoms with Gasteiger partial charge in [-0.3, -0.25) is 4.98 Å². The Bertz CT molecular complexity index is 555. The summed E-state index contributed by atoms with van der Waals surface area (Å²) in [6, 6.07) is 8.30. The Morgan fingerprint density at radius 3 is 2.38 bits per heavy atom. The van der Waals surface area contributed by atoms with Crippen LogP contribution >= 0.6 is 0 Å². The highest BCUT2D eigenvalue weighted by molar-refractivity contribution is 5.29. The zero-order valence-electron chi connectivity index (χ0n) is 11.2. The highest BCUT2D eigenvalue weighted by Crippen LogP contribution is 2.30. The molecule has 0 radical (unpaired) electrons. The number of aromatic nitrogens is 1. The molecule has 1 aromatic carbocycles. The number of rotatable bonds is 5. The Morgan fingerprint density at radius 2 is 1.86 bits per heavy atom. The zero-order valence-corrected chi connectivity index (χ0v) is 11.2. The number of alkyl halides is 3. The summed E-state index contributed by atoms with van der Waals surface area (Å²) < 4.78 is 42.8. The van der Waals surface area contributed by atoms with Gasteiger partial charge in [-0.1, -0.05) is 6.07 Å². The van der Waals surface area contributed by atoms with Crippen molar-refractivity contribution < 1.29 is 17.9 Å². The van der Waals surface area contributed by atoms with E-state index in [-0.39, 0.29) is 12.5 Å². The highest BCUT2D eigenvalue weighted by atomic mass is 19.4. The molecule has 0 aliphatic carbocycles. The summed E-state index contributed by atoms with van der Waals surface area (Å²) in [5.74, 6) is 0.325. The summed E-state index contributed by atoms with van der Waals surface area (Å²) in [7, 11) is 0. The number of pyridine rings is 1. The second kappa shape index (κ2) is 6.58. The molecule has 112 valence electrons. The fraction of sp³-hybridized carbons (Fsp3) is 0.267. The van der Waals surface area contributed by atoms with E-state index in [2.05, 4.69) is 4.98 Å². The third-order valence-corrected chi connectivity index (χ3v) is 3.07. The molecule has 1 unspecified atom stereocenters. The van der Waals surface area contributed by atoms with Crippen molar-refractivity contribution in [2.45, 2.75) is 12.1 Å². The number of benzene rings is 1. The van der Waals surface area contributed by atoms with Crippen molar-refractivity contribution in [2.75, 3.05) is 13.2 Å². The van der Waals surface area contributed by atoms with Crippen LogP contribution in [-0.4, -0.2) is 18.1 Å². The predicted octanol–water partition coefficient (Wildman–Crippen LogP) is 3.22.